The second-order valence-electron chi connectivity index (χ2n) is 10.7. The van der Waals surface area contributed by atoms with E-state index in [-0.39, 0.29) is 22.9 Å². The molecule has 0 radical (unpaired) electrons. The van der Waals surface area contributed by atoms with Crippen LogP contribution in [0.4, 0.5) is 16.2 Å². The highest BCUT2D eigenvalue weighted by atomic mass is 32.7. The van der Waals surface area contributed by atoms with Crippen molar-refractivity contribution in [2.24, 2.45) is 0 Å². The van der Waals surface area contributed by atoms with Crippen LogP contribution in [0.3, 0.4) is 0 Å². The summed E-state index contributed by atoms with van der Waals surface area (Å²) < 4.78 is 60.2. The number of ether oxygens (including phenoxy) is 3. The summed E-state index contributed by atoms with van der Waals surface area (Å²) in [5.41, 5.74) is 8.24. The number of aromatic amines is 1. The first-order chi connectivity index (χ1) is 21.8. The standard InChI is InChI=1S/C22H27FN10O9P2S2/c1-22(14(42-43(36)45)12(38-2)19(41-22)32-6-28-10-15(24)26-5-27-16(10)32)4-39-44(37,46)13-9(23)8(3-34)40-20(13)33-7-29-11-17(33)30-21(25)31-18(11)35/h5-9,12-14,19-20,34H,3-4H2,1-2H3,(H6-,24,25,26,27,30,31,35,36,37,45,46)/p+1/t8-,9+,12-,13-,14+,19-,20-,22?,44?/m1/s1. The van der Waals surface area contributed by atoms with Crippen molar-refractivity contribution in [2.45, 2.75) is 55.1 Å². The van der Waals surface area contributed by atoms with Crippen molar-refractivity contribution in [1.29, 1.82) is 0 Å². The van der Waals surface area contributed by atoms with Crippen molar-refractivity contribution in [3.05, 3.63) is 29.3 Å². The number of nitrogens with zero attached hydrogens (tertiary/aromatic N) is 7. The fourth-order valence-electron chi connectivity index (χ4n) is 5.67. The van der Waals surface area contributed by atoms with Gasteiger partial charge in [0.1, 0.15) is 53.7 Å². The van der Waals surface area contributed by atoms with Crippen LogP contribution in [0.25, 0.3) is 22.3 Å². The first-order valence-corrected chi connectivity index (χ1v) is 18.4. The number of aliphatic hydroxyl groups excluding tert-OH is 1. The van der Waals surface area contributed by atoms with Crippen molar-refractivity contribution in [1.82, 2.24) is 39.0 Å². The quantitative estimate of drug-likeness (QED) is 0.0951. The van der Waals surface area contributed by atoms with Crippen LogP contribution in [0.5, 0.6) is 0 Å². The number of aliphatic hydroxyl groups is 1. The van der Waals surface area contributed by atoms with Crippen LogP contribution in [0.15, 0.2) is 23.8 Å². The Morgan fingerprint density at radius 1 is 1.22 bits per heavy atom. The summed E-state index contributed by atoms with van der Waals surface area (Å²) in [5.74, 6) is -0.122. The SMILES string of the molecule is CO[C@H]1[C@H](n2cnc3c(N)ncnc32)OC(C)(COP(O)(=S)[C@@H]2[C@@H](F)[C@@H](CO)O[C@H]2n2cnc3c(=O)[nH]c(N)nc32)[C@H]1O[P+](=O)S. The van der Waals surface area contributed by atoms with Gasteiger partial charge in [-0.3, -0.25) is 18.9 Å². The maximum absolute atomic E-state index is 15.9. The number of anilines is 2. The summed E-state index contributed by atoms with van der Waals surface area (Å²) >= 11 is 9.42. The number of H-pyrrole nitrogens is 1. The predicted octanol–water partition coefficient (Wildman–Crippen LogP) is 0.314. The molecule has 0 aliphatic carbocycles. The average molecular weight is 722 g/mol. The number of nitrogens with two attached hydrogens (primary N) is 2. The summed E-state index contributed by atoms with van der Waals surface area (Å²) in [6.07, 6.45) is -4.19. The lowest BCUT2D eigenvalue weighted by molar-refractivity contribution is -0.108. The molecular formula is C22H28FN10O9P2S2+. The van der Waals surface area contributed by atoms with Crippen LogP contribution in [0.2, 0.25) is 0 Å². The minimum atomic E-state index is -4.25. The Hall–Kier alpha value is -2.75. The van der Waals surface area contributed by atoms with E-state index in [1.807, 2.05) is 0 Å². The number of halogens is 1. The maximum Gasteiger partial charge on any atom is 0.582 e. The monoisotopic (exact) mass is 721 g/mol. The van der Waals surface area contributed by atoms with Crippen molar-refractivity contribution < 1.29 is 42.2 Å². The zero-order chi connectivity index (χ0) is 33.1. The number of aromatic nitrogens is 8. The highest BCUT2D eigenvalue weighted by Crippen LogP contribution is 2.59. The number of thiol groups is 1. The van der Waals surface area contributed by atoms with Crippen LogP contribution < -0.4 is 17.0 Å². The molecule has 248 valence electrons. The Morgan fingerprint density at radius 3 is 2.59 bits per heavy atom. The first-order valence-electron chi connectivity index (χ1n) is 13.4. The zero-order valence-corrected chi connectivity index (χ0v) is 27.4. The second kappa shape index (κ2) is 12.4. The number of fused-ring (bicyclic) bond motifs is 2. The molecule has 2 aliphatic rings. The van der Waals surface area contributed by atoms with Crippen LogP contribution in [-0.2, 0) is 39.6 Å². The van der Waals surface area contributed by atoms with Gasteiger partial charge in [-0.25, -0.2) is 24.3 Å². The van der Waals surface area contributed by atoms with E-state index < -0.39 is 80.7 Å². The minimum Gasteiger partial charge on any atom is -0.394 e. The topological polar surface area (TPSA) is 263 Å². The number of rotatable bonds is 10. The van der Waals surface area contributed by atoms with E-state index in [1.54, 1.807) is 0 Å². The molecule has 2 fully saturated rings. The van der Waals surface area contributed by atoms with Gasteiger partial charge >= 0.3 is 7.23 Å². The van der Waals surface area contributed by atoms with Gasteiger partial charge in [0.25, 0.3) is 5.56 Å². The van der Waals surface area contributed by atoms with Gasteiger partial charge in [0.05, 0.1) is 25.9 Å². The maximum atomic E-state index is 15.9. The van der Waals surface area contributed by atoms with E-state index in [1.165, 1.54) is 35.8 Å². The van der Waals surface area contributed by atoms with Crippen molar-refractivity contribution in [3.8, 4) is 0 Å². The summed E-state index contributed by atoms with van der Waals surface area (Å²) in [6, 6.07) is 0. The molecule has 46 heavy (non-hydrogen) atoms. The zero-order valence-electron chi connectivity index (χ0n) is 23.9. The molecule has 0 aromatic carbocycles. The Morgan fingerprint density at radius 2 is 1.91 bits per heavy atom. The van der Waals surface area contributed by atoms with Gasteiger partial charge < -0.3 is 40.2 Å². The van der Waals surface area contributed by atoms with Crippen LogP contribution in [-0.4, -0.2) is 105 Å². The molecule has 6 rings (SSSR count). The molecule has 4 aromatic rings. The molecule has 0 bridgehead atoms. The Balaban J connectivity index is 1.33. The first kappa shape index (κ1) is 33.2. The van der Waals surface area contributed by atoms with Gasteiger partial charge in [0.2, 0.25) is 5.95 Å². The number of alkyl halides is 1. The molecule has 0 saturated carbocycles. The molecular weight excluding hydrogens is 693 g/mol. The second-order valence-corrected chi connectivity index (χ2v) is 15.9. The molecule has 2 saturated heterocycles. The van der Waals surface area contributed by atoms with Crippen molar-refractivity contribution in [3.63, 3.8) is 0 Å². The lowest BCUT2D eigenvalue weighted by Crippen LogP contribution is -2.45. The Kier molecular flexibility index (Phi) is 8.91. The third-order valence-corrected chi connectivity index (χ3v) is 11.3. The molecule has 4 aromatic heterocycles. The predicted molar refractivity (Wildman–Crippen MR) is 165 cm³/mol. The summed E-state index contributed by atoms with van der Waals surface area (Å²) in [6.45, 7) is -4.01. The number of imidazole rings is 2. The molecule has 19 nitrogen and oxygen atoms in total. The largest absolute Gasteiger partial charge is 0.582 e. The molecule has 0 spiro atoms. The molecule has 2 aliphatic heterocycles. The fourth-order valence-corrected chi connectivity index (χ4v) is 9.03. The fraction of sp³-hybridized carbons (Fsp3) is 0.545. The van der Waals surface area contributed by atoms with Crippen LogP contribution in [0.1, 0.15) is 19.4 Å². The Labute approximate surface area is 269 Å². The lowest BCUT2D eigenvalue weighted by atomic mass is 9.98. The van der Waals surface area contributed by atoms with E-state index in [2.05, 4.69) is 42.2 Å². The smallest absolute Gasteiger partial charge is 0.394 e. The van der Waals surface area contributed by atoms with E-state index in [4.69, 9.17) is 46.5 Å². The molecule has 10 atom stereocenters. The Bertz CT molecular complexity index is 1920. The third kappa shape index (κ3) is 5.60. The highest BCUT2D eigenvalue weighted by molar-refractivity contribution is 8.39. The van der Waals surface area contributed by atoms with Gasteiger partial charge in [0, 0.05) is 7.11 Å². The molecule has 24 heteroatoms. The highest BCUT2D eigenvalue weighted by Gasteiger charge is 2.60. The third-order valence-electron chi connectivity index (χ3n) is 7.81. The average Bonchev–Trinajstić information content (AvgIpc) is 3.75. The lowest BCUT2D eigenvalue weighted by Gasteiger charge is -2.33. The molecule has 0 amide bonds. The minimum absolute atomic E-state index is 0.0723. The van der Waals surface area contributed by atoms with Gasteiger partial charge in [-0.15, -0.1) is 4.52 Å². The number of nitrogens with one attached hydrogen (secondary N) is 1. The number of methoxy groups -OCH3 is 1. The van der Waals surface area contributed by atoms with Crippen LogP contribution in [0, 0.1) is 0 Å². The van der Waals surface area contributed by atoms with Crippen molar-refractivity contribution in [2.75, 3.05) is 31.8 Å². The van der Waals surface area contributed by atoms with Gasteiger partial charge in [0.15, 0.2) is 47.7 Å². The number of hydrogen-bond donors (Lipinski definition) is 6. The summed E-state index contributed by atoms with van der Waals surface area (Å²) in [4.78, 5) is 46.8. The van der Waals surface area contributed by atoms with E-state index in [0.29, 0.717) is 11.2 Å². The van der Waals surface area contributed by atoms with Crippen LogP contribution >= 0.6 is 26.0 Å². The van der Waals surface area contributed by atoms with E-state index in [0.717, 1.165) is 6.33 Å². The van der Waals surface area contributed by atoms with E-state index >= 15 is 4.39 Å². The van der Waals surface area contributed by atoms with Gasteiger partial charge in [-0.05, 0) is 23.3 Å². The van der Waals surface area contributed by atoms with E-state index in [9.17, 15) is 19.4 Å². The normalized spacial score (nSPS) is 31.5. The molecule has 7 N–H and O–H groups in total. The molecule has 3 unspecified atom stereocenters. The number of nitrogen functional groups attached to an aromatic ring is 2. The molecule has 6 heterocycles. The van der Waals surface area contributed by atoms with Gasteiger partial charge in [-0.2, -0.15) is 4.98 Å². The number of hydrogen-bond acceptors (Lipinski definition) is 16. The van der Waals surface area contributed by atoms with Crippen molar-refractivity contribution >= 4 is 71.9 Å². The summed E-state index contributed by atoms with van der Waals surface area (Å²) in [7, 11) is -1.15. The van der Waals surface area contributed by atoms with Gasteiger partial charge in [-0.1, -0.05) is 0 Å². The summed E-state index contributed by atoms with van der Waals surface area (Å²) in [5, 5.41) is 9.83.